The van der Waals surface area contributed by atoms with E-state index in [1.807, 2.05) is 6.08 Å². The minimum Gasteiger partial charge on any atom is -0.504 e. The summed E-state index contributed by atoms with van der Waals surface area (Å²) in [6.45, 7) is -0.0548. The van der Waals surface area contributed by atoms with Crippen molar-refractivity contribution in [2.75, 3.05) is 20.8 Å². The first-order chi connectivity index (χ1) is 12.5. The zero-order valence-corrected chi connectivity index (χ0v) is 14.5. The van der Waals surface area contributed by atoms with Crippen LogP contribution in [0.3, 0.4) is 0 Å². The summed E-state index contributed by atoms with van der Waals surface area (Å²) in [7, 11) is 2.99. The molecule has 0 amide bonds. The van der Waals surface area contributed by atoms with Gasteiger partial charge in [0, 0.05) is 5.92 Å². The van der Waals surface area contributed by atoms with Gasteiger partial charge < -0.3 is 29.5 Å². The molecule has 136 valence electrons. The summed E-state index contributed by atoms with van der Waals surface area (Å²) >= 11 is 0. The zero-order valence-electron chi connectivity index (χ0n) is 14.5. The van der Waals surface area contributed by atoms with E-state index in [-0.39, 0.29) is 30.1 Å². The first-order valence-corrected chi connectivity index (χ1v) is 8.29. The first-order valence-electron chi connectivity index (χ1n) is 8.29. The summed E-state index contributed by atoms with van der Waals surface area (Å²) in [6, 6.07) is 10.2. The number of ether oxygens (including phenoxy) is 3. The maximum atomic E-state index is 9.92. The Labute approximate surface area is 150 Å². The molecule has 0 radical (unpaired) electrons. The van der Waals surface area contributed by atoms with Gasteiger partial charge in [0.2, 0.25) is 0 Å². The number of hydrogen-bond acceptors (Lipinski definition) is 6. The van der Waals surface area contributed by atoms with Crippen LogP contribution in [0, 0.1) is 5.92 Å². The molecule has 2 aromatic rings. The van der Waals surface area contributed by atoms with Gasteiger partial charge >= 0.3 is 0 Å². The van der Waals surface area contributed by atoms with Crippen molar-refractivity contribution in [1.29, 1.82) is 0 Å². The van der Waals surface area contributed by atoms with Crippen molar-refractivity contribution < 1.29 is 29.5 Å². The Bertz CT molecular complexity index is 890. The molecule has 0 unspecified atom stereocenters. The molecule has 3 N–H and O–H groups in total. The molecule has 3 atom stereocenters. The quantitative estimate of drug-likeness (QED) is 0.713. The maximum absolute atomic E-state index is 9.92. The summed E-state index contributed by atoms with van der Waals surface area (Å²) in [5.74, 6) is 0.738. The predicted molar refractivity (Wildman–Crippen MR) is 94.4 cm³/mol. The van der Waals surface area contributed by atoms with Crippen molar-refractivity contribution in [3.05, 3.63) is 53.1 Å². The Hall–Kier alpha value is -2.70. The topological polar surface area (TPSA) is 91.7 Å². The van der Waals surface area contributed by atoms with Crippen molar-refractivity contribution in [2.45, 2.75) is 11.7 Å². The Morgan fingerprint density at radius 1 is 1.04 bits per heavy atom. The van der Waals surface area contributed by atoms with Gasteiger partial charge in [0.15, 0.2) is 23.0 Å². The summed E-state index contributed by atoms with van der Waals surface area (Å²) in [5, 5.41) is 29.4. The molecule has 1 heterocycles. The van der Waals surface area contributed by atoms with Gasteiger partial charge in [-0.05, 0) is 41.0 Å². The molecule has 4 rings (SSSR count). The molecule has 26 heavy (non-hydrogen) atoms. The summed E-state index contributed by atoms with van der Waals surface area (Å²) < 4.78 is 16.3. The zero-order chi connectivity index (χ0) is 18.5. The normalized spacial score (nSPS) is 27.6. The standard InChI is InChI=1S/C20H20O6/c1-24-17-8-11(3-5-15(17)22)7-13-14(10-21)20(19(13)26-20)12-4-6-16(23)18(9-12)25-2/h3-9,14,19,21-23H,10H2,1-2H3/b13-7+/t14-,19-,20+/m0/s1. The molecule has 0 bridgehead atoms. The van der Waals surface area contributed by atoms with Gasteiger partial charge in [-0.25, -0.2) is 0 Å². The van der Waals surface area contributed by atoms with Crippen molar-refractivity contribution in [3.63, 3.8) is 0 Å². The number of phenols is 2. The highest BCUT2D eigenvalue weighted by molar-refractivity contribution is 5.66. The van der Waals surface area contributed by atoms with E-state index in [2.05, 4.69) is 0 Å². The number of aliphatic hydroxyl groups is 1. The van der Waals surface area contributed by atoms with Crippen LogP contribution in [-0.2, 0) is 10.3 Å². The van der Waals surface area contributed by atoms with Crippen molar-refractivity contribution in [1.82, 2.24) is 0 Å². The van der Waals surface area contributed by atoms with E-state index in [0.717, 1.165) is 16.7 Å². The minimum absolute atomic E-state index is 0.0548. The van der Waals surface area contributed by atoms with Crippen LogP contribution in [0.1, 0.15) is 11.1 Å². The van der Waals surface area contributed by atoms with Crippen LogP contribution in [0.5, 0.6) is 23.0 Å². The number of rotatable bonds is 5. The van der Waals surface area contributed by atoms with E-state index in [1.54, 1.807) is 36.4 Å². The molecule has 2 aliphatic rings. The highest BCUT2D eigenvalue weighted by Crippen LogP contribution is 2.68. The Morgan fingerprint density at radius 3 is 2.35 bits per heavy atom. The van der Waals surface area contributed by atoms with Crippen molar-refractivity contribution >= 4 is 6.08 Å². The first kappa shape index (κ1) is 16.8. The molecule has 1 aliphatic heterocycles. The highest BCUT2D eigenvalue weighted by atomic mass is 16.6. The van der Waals surface area contributed by atoms with E-state index >= 15 is 0 Å². The van der Waals surface area contributed by atoms with Crippen LogP contribution in [0.25, 0.3) is 6.08 Å². The van der Waals surface area contributed by atoms with Crippen LogP contribution in [0.4, 0.5) is 0 Å². The van der Waals surface area contributed by atoms with Gasteiger partial charge in [-0.2, -0.15) is 0 Å². The lowest BCUT2D eigenvalue weighted by molar-refractivity contribution is 0.159. The van der Waals surface area contributed by atoms with Gasteiger partial charge in [-0.3, -0.25) is 0 Å². The monoisotopic (exact) mass is 356 g/mol. The molecule has 6 heteroatoms. The molecular formula is C20H20O6. The molecule has 0 spiro atoms. The molecule has 0 aromatic heterocycles. The van der Waals surface area contributed by atoms with Gasteiger partial charge in [0.05, 0.1) is 20.8 Å². The number of benzene rings is 2. The molecule has 2 aromatic carbocycles. The number of methoxy groups -OCH3 is 2. The third kappa shape index (κ3) is 2.26. The Balaban J connectivity index is 1.65. The number of phenolic OH excluding ortho intramolecular Hbond substituents is 2. The lowest BCUT2D eigenvalue weighted by Gasteiger charge is -2.34. The number of epoxide rings is 1. The van der Waals surface area contributed by atoms with Gasteiger partial charge in [0.1, 0.15) is 11.7 Å². The third-order valence-corrected chi connectivity index (χ3v) is 5.22. The smallest absolute Gasteiger partial charge is 0.161 e. The molecule has 1 aliphatic carbocycles. The summed E-state index contributed by atoms with van der Waals surface area (Å²) in [6.07, 6.45) is 1.84. The largest absolute Gasteiger partial charge is 0.504 e. The van der Waals surface area contributed by atoms with Crippen LogP contribution in [-0.4, -0.2) is 42.3 Å². The average molecular weight is 356 g/mol. The fraction of sp³-hybridized carbons (Fsp3) is 0.300. The average Bonchev–Trinajstić information content (AvgIpc) is 3.31. The summed E-state index contributed by atoms with van der Waals surface area (Å²) in [5.41, 5.74) is 2.16. The summed E-state index contributed by atoms with van der Waals surface area (Å²) in [4.78, 5) is 0. The van der Waals surface area contributed by atoms with Crippen molar-refractivity contribution in [3.8, 4) is 23.0 Å². The van der Waals surface area contributed by atoms with Gasteiger partial charge in [-0.15, -0.1) is 0 Å². The van der Waals surface area contributed by atoms with Crippen LogP contribution in [0.15, 0.2) is 42.0 Å². The molecule has 1 saturated carbocycles. The molecule has 1 saturated heterocycles. The van der Waals surface area contributed by atoms with Gasteiger partial charge in [0.25, 0.3) is 0 Å². The SMILES string of the molecule is COc1cc(/C=C2\[C@H](CO)[C@@]3(c4ccc(O)c(OC)c4)O[C@@H]23)ccc1O. The van der Waals surface area contributed by atoms with E-state index in [9.17, 15) is 15.3 Å². The Morgan fingerprint density at radius 2 is 1.69 bits per heavy atom. The minimum atomic E-state index is -0.567. The van der Waals surface area contributed by atoms with E-state index in [1.165, 1.54) is 14.2 Å². The van der Waals surface area contributed by atoms with Crippen molar-refractivity contribution in [2.24, 2.45) is 5.92 Å². The number of hydrogen-bond donors (Lipinski definition) is 3. The second-order valence-electron chi connectivity index (χ2n) is 6.49. The molecule has 2 fully saturated rings. The van der Waals surface area contributed by atoms with Crippen LogP contribution in [0.2, 0.25) is 0 Å². The third-order valence-electron chi connectivity index (χ3n) is 5.22. The fourth-order valence-corrected chi connectivity index (χ4v) is 3.81. The van der Waals surface area contributed by atoms with E-state index < -0.39 is 5.60 Å². The second-order valence-corrected chi connectivity index (χ2v) is 6.49. The Kier molecular flexibility index (Phi) is 3.82. The number of fused-ring (bicyclic) bond motifs is 1. The van der Waals surface area contributed by atoms with Crippen LogP contribution < -0.4 is 9.47 Å². The van der Waals surface area contributed by atoms with Crippen LogP contribution >= 0.6 is 0 Å². The lowest BCUT2D eigenvalue weighted by Crippen LogP contribution is -2.40. The van der Waals surface area contributed by atoms with E-state index in [4.69, 9.17) is 14.2 Å². The molecule has 6 nitrogen and oxygen atoms in total. The maximum Gasteiger partial charge on any atom is 0.161 e. The second kappa shape index (κ2) is 5.93. The predicted octanol–water partition coefficient (Wildman–Crippen LogP) is 2.41. The van der Waals surface area contributed by atoms with E-state index in [0.29, 0.717) is 11.5 Å². The fourth-order valence-electron chi connectivity index (χ4n) is 3.81. The van der Waals surface area contributed by atoms with Gasteiger partial charge in [-0.1, -0.05) is 18.2 Å². The lowest BCUT2D eigenvalue weighted by atomic mass is 9.66. The molecular weight excluding hydrogens is 336 g/mol. The number of aliphatic hydroxyl groups excluding tert-OH is 1. The number of aromatic hydroxyl groups is 2. The highest BCUT2D eigenvalue weighted by Gasteiger charge is 2.74.